The van der Waals surface area contributed by atoms with E-state index in [1.165, 1.54) is 7.11 Å². The molecule has 0 fully saturated rings. The van der Waals surface area contributed by atoms with Crippen molar-refractivity contribution in [1.29, 1.82) is 0 Å². The Bertz CT molecular complexity index is 296. The Balaban J connectivity index is 2.39. The van der Waals surface area contributed by atoms with Gasteiger partial charge in [0.2, 0.25) is 5.89 Å². The summed E-state index contributed by atoms with van der Waals surface area (Å²) >= 11 is 0. The fourth-order valence-corrected chi connectivity index (χ4v) is 1.03. The molecule has 78 valence electrons. The molecule has 0 N–H and O–H groups in total. The van der Waals surface area contributed by atoms with Crippen LogP contribution in [0.4, 0.5) is 0 Å². The van der Waals surface area contributed by atoms with Gasteiger partial charge in [0.1, 0.15) is 0 Å². The quantitative estimate of drug-likeness (QED) is 0.663. The molecule has 5 heteroatoms. The van der Waals surface area contributed by atoms with E-state index in [-0.39, 0.29) is 12.4 Å². The maximum atomic E-state index is 10.8. The second-order valence-corrected chi connectivity index (χ2v) is 2.93. The predicted octanol–water partition coefficient (Wildman–Crippen LogP) is 1.13. The van der Waals surface area contributed by atoms with E-state index in [0.29, 0.717) is 18.1 Å². The molecule has 14 heavy (non-hydrogen) atoms. The van der Waals surface area contributed by atoms with Gasteiger partial charge in [0.05, 0.1) is 13.5 Å². The van der Waals surface area contributed by atoms with Gasteiger partial charge in [-0.1, -0.05) is 12.1 Å². The molecule has 1 aromatic rings. The molecule has 0 aromatic carbocycles. The monoisotopic (exact) mass is 198 g/mol. The van der Waals surface area contributed by atoms with E-state index < -0.39 is 0 Å². The summed E-state index contributed by atoms with van der Waals surface area (Å²) in [4.78, 5) is 14.9. The summed E-state index contributed by atoms with van der Waals surface area (Å²) in [6.07, 6.45) is 2.52. The third-order valence-corrected chi connectivity index (χ3v) is 1.75. The number of ether oxygens (including phenoxy) is 1. The van der Waals surface area contributed by atoms with E-state index in [1.807, 2.05) is 6.92 Å². The van der Waals surface area contributed by atoms with Gasteiger partial charge in [0.15, 0.2) is 5.82 Å². The zero-order chi connectivity index (χ0) is 10.4. The maximum Gasteiger partial charge on any atom is 0.306 e. The minimum Gasteiger partial charge on any atom is -0.469 e. The highest BCUT2D eigenvalue weighted by atomic mass is 16.5. The highest BCUT2D eigenvalue weighted by molar-refractivity contribution is 5.69. The van der Waals surface area contributed by atoms with E-state index in [4.69, 9.17) is 4.52 Å². The lowest BCUT2D eigenvalue weighted by Crippen LogP contribution is -2.02. The van der Waals surface area contributed by atoms with Crippen LogP contribution in [0.5, 0.6) is 0 Å². The van der Waals surface area contributed by atoms with E-state index in [9.17, 15) is 4.79 Å². The number of carbonyl (C=O) groups excluding carboxylic acids is 1. The summed E-state index contributed by atoms with van der Waals surface area (Å²) in [5.41, 5.74) is 0. The van der Waals surface area contributed by atoms with Crippen LogP contribution in [0, 0.1) is 0 Å². The van der Waals surface area contributed by atoms with Crippen molar-refractivity contribution in [3.05, 3.63) is 11.7 Å². The molecular weight excluding hydrogens is 184 g/mol. The zero-order valence-electron chi connectivity index (χ0n) is 8.45. The van der Waals surface area contributed by atoms with Crippen molar-refractivity contribution >= 4 is 5.97 Å². The Morgan fingerprint density at radius 1 is 1.50 bits per heavy atom. The van der Waals surface area contributed by atoms with Crippen molar-refractivity contribution in [3.8, 4) is 0 Å². The van der Waals surface area contributed by atoms with Gasteiger partial charge < -0.3 is 9.26 Å². The fraction of sp³-hybridized carbons (Fsp3) is 0.667. The average Bonchev–Trinajstić information content (AvgIpc) is 2.63. The summed E-state index contributed by atoms with van der Waals surface area (Å²) in [5, 5.41) is 3.77. The summed E-state index contributed by atoms with van der Waals surface area (Å²) in [6, 6.07) is 0. The van der Waals surface area contributed by atoms with Crippen LogP contribution >= 0.6 is 0 Å². The number of aryl methyl sites for hydroxylation is 2. The molecule has 0 spiro atoms. The molecule has 0 aliphatic heterocycles. The second kappa shape index (κ2) is 5.36. The van der Waals surface area contributed by atoms with Crippen molar-refractivity contribution in [1.82, 2.24) is 10.1 Å². The van der Waals surface area contributed by atoms with Crippen LogP contribution in [0.25, 0.3) is 0 Å². The van der Waals surface area contributed by atoms with Crippen molar-refractivity contribution in [2.45, 2.75) is 32.6 Å². The Kier molecular flexibility index (Phi) is 4.10. The zero-order valence-corrected chi connectivity index (χ0v) is 8.45. The summed E-state index contributed by atoms with van der Waals surface area (Å²) in [5.74, 6) is 0.937. The molecule has 0 atom stereocenters. The van der Waals surface area contributed by atoms with Crippen LogP contribution in [-0.4, -0.2) is 23.2 Å². The van der Waals surface area contributed by atoms with Crippen molar-refractivity contribution in [3.63, 3.8) is 0 Å². The molecule has 1 rings (SSSR count). The number of esters is 1. The number of nitrogens with zero attached hydrogens (tertiary/aromatic N) is 2. The van der Waals surface area contributed by atoms with Crippen molar-refractivity contribution in [2.75, 3.05) is 7.11 Å². The fourth-order valence-electron chi connectivity index (χ4n) is 1.03. The highest BCUT2D eigenvalue weighted by Gasteiger charge is 2.08. The Hall–Kier alpha value is -1.39. The first-order chi connectivity index (χ1) is 6.76. The smallest absolute Gasteiger partial charge is 0.306 e. The first kappa shape index (κ1) is 10.7. The van der Waals surface area contributed by atoms with E-state index in [2.05, 4.69) is 14.9 Å². The molecule has 0 radical (unpaired) electrons. The van der Waals surface area contributed by atoms with Crippen molar-refractivity contribution in [2.24, 2.45) is 0 Å². The topological polar surface area (TPSA) is 65.2 Å². The van der Waals surface area contributed by atoms with E-state index >= 15 is 0 Å². The highest BCUT2D eigenvalue weighted by Crippen LogP contribution is 2.03. The Labute approximate surface area is 82.4 Å². The Morgan fingerprint density at radius 3 is 2.93 bits per heavy atom. The van der Waals surface area contributed by atoms with Crippen LogP contribution < -0.4 is 0 Å². The number of hydrogen-bond donors (Lipinski definition) is 0. The third-order valence-electron chi connectivity index (χ3n) is 1.75. The molecular formula is C9H14N2O3. The van der Waals surface area contributed by atoms with Gasteiger partial charge in [0, 0.05) is 12.8 Å². The molecule has 0 saturated carbocycles. The lowest BCUT2D eigenvalue weighted by molar-refractivity contribution is -0.140. The molecule has 0 bridgehead atoms. The molecule has 0 aliphatic rings. The van der Waals surface area contributed by atoms with E-state index in [1.54, 1.807) is 0 Å². The number of carbonyl (C=O) groups is 1. The van der Waals surface area contributed by atoms with Gasteiger partial charge in [-0.3, -0.25) is 4.79 Å². The largest absolute Gasteiger partial charge is 0.469 e. The van der Waals surface area contributed by atoms with Crippen molar-refractivity contribution < 1.29 is 14.1 Å². The SMILES string of the molecule is CCCc1noc(CCC(=O)OC)n1. The minimum absolute atomic E-state index is 0.264. The van der Waals surface area contributed by atoms with Crippen LogP contribution in [0.1, 0.15) is 31.5 Å². The lowest BCUT2D eigenvalue weighted by atomic mass is 10.3. The van der Waals surface area contributed by atoms with Gasteiger partial charge in [0.25, 0.3) is 0 Å². The predicted molar refractivity (Wildman–Crippen MR) is 48.6 cm³/mol. The van der Waals surface area contributed by atoms with E-state index in [0.717, 1.165) is 12.8 Å². The molecule has 1 heterocycles. The minimum atomic E-state index is -0.264. The van der Waals surface area contributed by atoms with Gasteiger partial charge in [-0.15, -0.1) is 0 Å². The van der Waals surface area contributed by atoms with Crippen LogP contribution in [-0.2, 0) is 22.4 Å². The van der Waals surface area contributed by atoms with Gasteiger partial charge in [-0.05, 0) is 6.42 Å². The van der Waals surface area contributed by atoms with Gasteiger partial charge in [-0.25, -0.2) is 0 Å². The van der Waals surface area contributed by atoms with Crippen LogP contribution in [0.3, 0.4) is 0 Å². The summed E-state index contributed by atoms with van der Waals surface area (Å²) in [6.45, 7) is 2.05. The second-order valence-electron chi connectivity index (χ2n) is 2.93. The van der Waals surface area contributed by atoms with Crippen LogP contribution in [0.2, 0.25) is 0 Å². The molecule has 0 amide bonds. The maximum absolute atomic E-state index is 10.8. The normalized spacial score (nSPS) is 10.1. The first-order valence-electron chi connectivity index (χ1n) is 4.64. The summed E-state index contributed by atoms with van der Waals surface area (Å²) < 4.78 is 9.44. The molecule has 0 aliphatic carbocycles. The molecule has 5 nitrogen and oxygen atoms in total. The van der Waals surface area contributed by atoms with Crippen LogP contribution in [0.15, 0.2) is 4.52 Å². The standard InChI is InChI=1S/C9H14N2O3/c1-3-4-7-10-8(14-11-7)5-6-9(12)13-2/h3-6H2,1-2H3. The Morgan fingerprint density at radius 2 is 2.29 bits per heavy atom. The van der Waals surface area contributed by atoms with Gasteiger partial charge >= 0.3 is 5.97 Å². The number of methoxy groups -OCH3 is 1. The average molecular weight is 198 g/mol. The third kappa shape index (κ3) is 3.16. The molecule has 0 unspecified atom stereocenters. The molecule has 1 aromatic heterocycles. The number of hydrogen-bond acceptors (Lipinski definition) is 5. The number of aromatic nitrogens is 2. The number of rotatable bonds is 5. The summed E-state index contributed by atoms with van der Waals surface area (Å²) in [7, 11) is 1.36. The van der Waals surface area contributed by atoms with Gasteiger partial charge in [-0.2, -0.15) is 4.98 Å². The first-order valence-corrected chi connectivity index (χ1v) is 4.64. The lowest BCUT2D eigenvalue weighted by Gasteiger charge is -1.93. The molecule has 0 saturated heterocycles.